The Labute approximate surface area is 88.8 Å². The molecule has 0 aliphatic carbocycles. The van der Waals surface area contributed by atoms with Crippen LogP contribution in [0.3, 0.4) is 0 Å². The van der Waals surface area contributed by atoms with E-state index in [0.717, 1.165) is 5.56 Å². The van der Waals surface area contributed by atoms with Gasteiger partial charge >= 0.3 is 0 Å². The Balaban J connectivity index is 2.48. The molecule has 1 aromatic rings. The molecular weight excluding hydrogens is 198 g/mol. The highest BCUT2D eigenvalue weighted by atomic mass is 32.1. The maximum absolute atomic E-state index is 5.85. The fraction of sp³-hybridized carbons (Fsp3) is 0.600. The van der Waals surface area contributed by atoms with E-state index >= 15 is 0 Å². The van der Waals surface area contributed by atoms with Gasteiger partial charge < -0.3 is 15.2 Å². The second kappa shape index (κ2) is 6.14. The van der Waals surface area contributed by atoms with Gasteiger partial charge in [-0.05, 0) is 29.3 Å². The molecule has 0 aliphatic rings. The number of hydrogen-bond acceptors (Lipinski definition) is 4. The van der Waals surface area contributed by atoms with Crippen molar-refractivity contribution >= 4 is 11.3 Å². The first-order chi connectivity index (χ1) is 6.75. The van der Waals surface area contributed by atoms with Crippen LogP contribution >= 0.6 is 11.3 Å². The highest BCUT2D eigenvalue weighted by Gasteiger charge is 2.16. The molecular formula is C10H17NO2S. The number of nitrogens with two attached hydrogens (primary N) is 1. The van der Waals surface area contributed by atoms with Crippen LogP contribution in [0.2, 0.25) is 0 Å². The van der Waals surface area contributed by atoms with Crippen molar-refractivity contribution in [2.24, 2.45) is 5.73 Å². The molecule has 0 aromatic carbocycles. The number of methoxy groups -OCH3 is 1. The fourth-order valence-corrected chi connectivity index (χ4v) is 1.93. The summed E-state index contributed by atoms with van der Waals surface area (Å²) >= 11 is 1.66. The van der Waals surface area contributed by atoms with Crippen molar-refractivity contribution in [3.05, 3.63) is 22.4 Å². The molecule has 14 heavy (non-hydrogen) atoms. The van der Waals surface area contributed by atoms with Crippen molar-refractivity contribution in [3.8, 4) is 0 Å². The number of ether oxygens (including phenoxy) is 2. The Morgan fingerprint density at radius 3 is 2.79 bits per heavy atom. The van der Waals surface area contributed by atoms with Crippen molar-refractivity contribution < 1.29 is 9.47 Å². The molecule has 0 saturated carbocycles. The van der Waals surface area contributed by atoms with Gasteiger partial charge in [0.1, 0.15) is 0 Å². The smallest absolute Gasteiger partial charge is 0.0982 e. The zero-order valence-electron chi connectivity index (χ0n) is 8.60. The van der Waals surface area contributed by atoms with Crippen LogP contribution in [-0.2, 0) is 9.47 Å². The Morgan fingerprint density at radius 1 is 1.50 bits per heavy atom. The summed E-state index contributed by atoms with van der Waals surface area (Å²) in [6.07, 6.45) is -0.0172. The lowest BCUT2D eigenvalue weighted by Crippen LogP contribution is -2.27. The van der Waals surface area contributed by atoms with E-state index < -0.39 is 0 Å². The van der Waals surface area contributed by atoms with E-state index in [-0.39, 0.29) is 12.1 Å². The van der Waals surface area contributed by atoms with Gasteiger partial charge in [-0.25, -0.2) is 0 Å². The van der Waals surface area contributed by atoms with E-state index in [1.54, 1.807) is 18.4 Å². The van der Waals surface area contributed by atoms with E-state index in [0.29, 0.717) is 13.2 Å². The minimum atomic E-state index is -0.0172. The summed E-state index contributed by atoms with van der Waals surface area (Å²) < 4.78 is 10.6. The molecule has 3 nitrogen and oxygen atoms in total. The fourth-order valence-electron chi connectivity index (χ4n) is 1.25. The van der Waals surface area contributed by atoms with Crippen LogP contribution in [-0.4, -0.2) is 26.4 Å². The zero-order chi connectivity index (χ0) is 10.4. The third kappa shape index (κ3) is 3.38. The van der Waals surface area contributed by atoms with E-state index in [1.807, 2.05) is 18.4 Å². The lowest BCUT2D eigenvalue weighted by atomic mass is 10.1. The molecule has 0 aliphatic heterocycles. The summed E-state index contributed by atoms with van der Waals surface area (Å²) in [4.78, 5) is 0. The largest absolute Gasteiger partial charge is 0.382 e. The Morgan fingerprint density at radius 2 is 2.29 bits per heavy atom. The number of thiophene rings is 1. The van der Waals surface area contributed by atoms with E-state index in [4.69, 9.17) is 15.2 Å². The van der Waals surface area contributed by atoms with Crippen LogP contribution in [0.5, 0.6) is 0 Å². The van der Waals surface area contributed by atoms with Crippen molar-refractivity contribution in [3.63, 3.8) is 0 Å². The molecule has 1 rings (SSSR count). The molecule has 1 heterocycles. The van der Waals surface area contributed by atoms with Gasteiger partial charge in [0.2, 0.25) is 0 Å². The molecule has 80 valence electrons. The first-order valence-corrected chi connectivity index (χ1v) is 5.58. The second-order valence-corrected chi connectivity index (χ2v) is 3.98. The number of rotatable bonds is 6. The van der Waals surface area contributed by atoms with E-state index in [1.165, 1.54) is 0 Å². The predicted molar refractivity (Wildman–Crippen MR) is 58.5 cm³/mol. The number of hydrogen-bond donors (Lipinski definition) is 1. The molecule has 2 atom stereocenters. The summed E-state index contributed by atoms with van der Waals surface area (Å²) in [6.45, 7) is 3.14. The Kier molecular flexibility index (Phi) is 5.11. The quantitative estimate of drug-likeness (QED) is 0.736. The first kappa shape index (κ1) is 11.7. The molecule has 0 amide bonds. The molecule has 2 unspecified atom stereocenters. The van der Waals surface area contributed by atoms with E-state index in [2.05, 4.69) is 5.38 Å². The standard InChI is InChI=1S/C10H17NO2S/c1-8(11)10(13-5-4-12-2)9-3-6-14-7-9/h3,6-8,10H,4-5,11H2,1-2H3. The summed E-state index contributed by atoms with van der Waals surface area (Å²) in [5.41, 5.74) is 7.00. The molecule has 0 saturated heterocycles. The third-order valence-corrected chi connectivity index (χ3v) is 2.64. The molecule has 1 aromatic heterocycles. The minimum absolute atomic E-state index is 0.00135. The van der Waals surface area contributed by atoms with Crippen LogP contribution in [0.25, 0.3) is 0 Å². The second-order valence-electron chi connectivity index (χ2n) is 3.20. The normalized spacial score (nSPS) is 15.4. The highest BCUT2D eigenvalue weighted by molar-refractivity contribution is 7.07. The van der Waals surface area contributed by atoms with Gasteiger partial charge in [-0.15, -0.1) is 0 Å². The maximum Gasteiger partial charge on any atom is 0.0982 e. The van der Waals surface area contributed by atoms with Crippen LogP contribution < -0.4 is 5.73 Å². The average Bonchev–Trinajstić information content (AvgIpc) is 2.64. The summed E-state index contributed by atoms with van der Waals surface area (Å²) in [5.74, 6) is 0. The van der Waals surface area contributed by atoms with Gasteiger partial charge in [0.05, 0.1) is 19.3 Å². The first-order valence-electron chi connectivity index (χ1n) is 4.64. The Hall–Kier alpha value is -0.420. The lowest BCUT2D eigenvalue weighted by molar-refractivity contribution is 0.00639. The highest BCUT2D eigenvalue weighted by Crippen LogP contribution is 2.22. The van der Waals surface area contributed by atoms with Crippen molar-refractivity contribution in [1.29, 1.82) is 0 Å². The average molecular weight is 215 g/mol. The molecule has 0 radical (unpaired) electrons. The van der Waals surface area contributed by atoms with Crippen molar-refractivity contribution in [2.45, 2.75) is 19.1 Å². The van der Waals surface area contributed by atoms with Crippen LogP contribution in [0.1, 0.15) is 18.6 Å². The van der Waals surface area contributed by atoms with Crippen LogP contribution in [0.4, 0.5) is 0 Å². The summed E-state index contributed by atoms with van der Waals surface area (Å²) in [7, 11) is 1.66. The van der Waals surface area contributed by atoms with Crippen molar-refractivity contribution in [1.82, 2.24) is 0 Å². The Bertz CT molecular complexity index is 236. The predicted octanol–water partition coefficient (Wildman–Crippen LogP) is 1.80. The zero-order valence-corrected chi connectivity index (χ0v) is 9.42. The van der Waals surface area contributed by atoms with Gasteiger partial charge in [-0.2, -0.15) is 11.3 Å². The summed E-state index contributed by atoms with van der Waals surface area (Å²) in [5, 5.41) is 4.10. The van der Waals surface area contributed by atoms with Gasteiger partial charge in [0.15, 0.2) is 0 Å². The summed E-state index contributed by atoms with van der Waals surface area (Å²) in [6, 6.07) is 2.05. The molecule has 0 fully saturated rings. The molecule has 0 spiro atoms. The van der Waals surface area contributed by atoms with Crippen molar-refractivity contribution in [2.75, 3.05) is 20.3 Å². The third-order valence-electron chi connectivity index (χ3n) is 1.93. The van der Waals surface area contributed by atoms with Gasteiger partial charge in [-0.3, -0.25) is 0 Å². The van der Waals surface area contributed by atoms with Gasteiger partial charge in [-0.1, -0.05) is 0 Å². The van der Waals surface area contributed by atoms with E-state index in [9.17, 15) is 0 Å². The maximum atomic E-state index is 5.85. The monoisotopic (exact) mass is 215 g/mol. The topological polar surface area (TPSA) is 44.5 Å². The molecule has 2 N–H and O–H groups in total. The minimum Gasteiger partial charge on any atom is -0.382 e. The van der Waals surface area contributed by atoms with Crippen LogP contribution in [0.15, 0.2) is 16.8 Å². The SMILES string of the molecule is COCCOC(c1ccsc1)C(C)N. The van der Waals surface area contributed by atoms with Gasteiger partial charge in [0.25, 0.3) is 0 Å². The lowest BCUT2D eigenvalue weighted by Gasteiger charge is -2.20. The molecule has 0 bridgehead atoms. The van der Waals surface area contributed by atoms with Gasteiger partial charge in [0, 0.05) is 13.2 Å². The molecule has 4 heteroatoms. The van der Waals surface area contributed by atoms with Crippen LogP contribution in [0, 0.1) is 0 Å².